The Morgan fingerprint density at radius 3 is 2.27 bits per heavy atom. The molecule has 37 heavy (non-hydrogen) atoms. The predicted octanol–water partition coefficient (Wildman–Crippen LogP) is 5.51. The number of benzene rings is 3. The number of non-ortho nitro benzene ring substituents is 1. The van der Waals surface area contributed by atoms with Crippen LogP contribution in [-0.4, -0.2) is 35.2 Å². The summed E-state index contributed by atoms with van der Waals surface area (Å²) in [5, 5.41) is 26.6. The average molecular weight is 529 g/mol. The minimum atomic E-state index is -0.792. The fourth-order valence-corrected chi connectivity index (χ4v) is 3.28. The van der Waals surface area contributed by atoms with E-state index in [4.69, 9.17) is 25.8 Å². The van der Waals surface area contributed by atoms with Gasteiger partial charge in [0.1, 0.15) is 5.75 Å². The first kappa shape index (κ1) is 26.9. The predicted molar refractivity (Wildman–Crippen MR) is 135 cm³/mol. The number of carbonyl (C=O) groups excluding carboxylic acids is 1. The molecular weight excluding hydrogens is 508 g/mol. The molecule has 13 heteroatoms. The Hall–Kier alpha value is -4.71. The zero-order valence-corrected chi connectivity index (χ0v) is 20.4. The standard InChI is InChI=1S/C24H21ClN4O8/c1-3-35-22-8-5-15(12-23(22)36-4-2)24(30)27-26-14-16-11-17(25)6-9-20(16)37-21-10-7-18(28(31)32)13-19(21)29(33)34/h5-14H,3-4H2,1-2H3,(H,27,30)/b26-14+. The highest BCUT2D eigenvalue weighted by Gasteiger charge is 2.22. The third-order valence-electron chi connectivity index (χ3n) is 4.72. The highest BCUT2D eigenvalue weighted by Crippen LogP contribution is 2.36. The maximum atomic E-state index is 12.6. The zero-order chi connectivity index (χ0) is 26.9. The van der Waals surface area contributed by atoms with Crippen molar-refractivity contribution in [2.45, 2.75) is 13.8 Å². The summed E-state index contributed by atoms with van der Waals surface area (Å²) in [6.07, 6.45) is 1.24. The maximum Gasteiger partial charge on any atom is 0.318 e. The summed E-state index contributed by atoms with van der Waals surface area (Å²) in [4.78, 5) is 33.5. The van der Waals surface area contributed by atoms with Gasteiger partial charge in [0.05, 0.1) is 35.3 Å². The molecule has 0 aliphatic carbocycles. The number of rotatable bonds is 11. The molecule has 0 atom stereocenters. The van der Waals surface area contributed by atoms with Crippen molar-refractivity contribution in [3.8, 4) is 23.0 Å². The van der Waals surface area contributed by atoms with E-state index in [0.29, 0.717) is 29.7 Å². The fraction of sp³-hybridized carbons (Fsp3) is 0.167. The van der Waals surface area contributed by atoms with Gasteiger partial charge < -0.3 is 14.2 Å². The van der Waals surface area contributed by atoms with Gasteiger partial charge in [0.2, 0.25) is 5.75 Å². The van der Waals surface area contributed by atoms with Crippen LogP contribution < -0.4 is 19.6 Å². The van der Waals surface area contributed by atoms with Crippen LogP contribution in [0.5, 0.6) is 23.0 Å². The summed E-state index contributed by atoms with van der Waals surface area (Å²) in [7, 11) is 0. The van der Waals surface area contributed by atoms with E-state index in [9.17, 15) is 25.0 Å². The first-order chi connectivity index (χ1) is 17.7. The minimum absolute atomic E-state index is 0.110. The molecule has 0 saturated carbocycles. The molecule has 1 amide bonds. The third-order valence-corrected chi connectivity index (χ3v) is 4.95. The van der Waals surface area contributed by atoms with Crippen LogP contribution in [-0.2, 0) is 0 Å². The second-order valence-electron chi connectivity index (χ2n) is 7.18. The minimum Gasteiger partial charge on any atom is -0.490 e. The number of nitrogens with zero attached hydrogens (tertiary/aromatic N) is 3. The topological polar surface area (TPSA) is 155 Å². The SMILES string of the molecule is CCOc1ccc(C(=O)N/N=C/c2cc(Cl)ccc2Oc2ccc([N+](=O)[O-])cc2[N+](=O)[O-])cc1OCC. The van der Waals surface area contributed by atoms with Gasteiger partial charge in [-0.25, -0.2) is 5.43 Å². The van der Waals surface area contributed by atoms with Crippen LogP contribution in [0.4, 0.5) is 11.4 Å². The van der Waals surface area contributed by atoms with Crippen LogP contribution >= 0.6 is 11.6 Å². The lowest BCUT2D eigenvalue weighted by atomic mass is 10.2. The highest BCUT2D eigenvalue weighted by atomic mass is 35.5. The number of hydrogen-bond donors (Lipinski definition) is 1. The normalized spacial score (nSPS) is 10.7. The number of nitrogens with one attached hydrogen (secondary N) is 1. The van der Waals surface area contributed by atoms with Gasteiger partial charge in [-0.05, 0) is 56.3 Å². The van der Waals surface area contributed by atoms with E-state index in [2.05, 4.69) is 10.5 Å². The van der Waals surface area contributed by atoms with Gasteiger partial charge in [-0.3, -0.25) is 25.0 Å². The number of ether oxygens (including phenoxy) is 3. The monoisotopic (exact) mass is 528 g/mol. The van der Waals surface area contributed by atoms with E-state index >= 15 is 0 Å². The Morgan fingerprint density at radius 2 is 1.59 bits per heavy atom. The fourth-order valence-electron chi connectivity index (χ4n) is 3.10. The summed E-state index contributed by atoms with van der Waals surface area (Å²) in [6.45, 7) is 4.46. The quantitative estimate of drug-likeness (QED) is 0.194. The van der Waals surface area contributed by atoms with E-state index in [1.807, 2.05) is 13.8 Å². The van der Waals surface area contributed by atoms with E-state index in [-0.39, 0.29) is 22.6 Å². The molecule has 0 aliphatic heterocycles. The highest BCUT2D eigenvalue weighted by molar-refractivity contribution is 6.30. The molecule has 0 bridgehead atoms. The molecule has 0 heterocycles. The Bertz CT molecular complexity index is 1360. The van der Waals surface area contributed by atoms with Crippen molar-refractivity contribution in [1.82, 2.24) is 5.43 Å². The van der Waals surface area contributed by atoms with Crippen molar-refractivity contribution in [2.75, 3.05) is 13.2 Å². The van der Waals surface area contributed by atoms with Gasteiger partial charge in [0.15, 0.2) is 11.5 Å². The number of nitro benzene ring substituents is 2. The second-order valence-corrected chi connectivity index (χ2v) is 7.61. The van der Waals surface area contributed by atoms with E-state index < -0.39 is 27.1 Å². The molecule has 192 valence electrons. The van der Waals surface area contributed by atoms with Crippen molar-refractivity contribution in [3.63, 3.8) is 0 Å². The lowest BCUT2D eigenvalue weighted by molar-refractivity contribution is -0.394. The number of halogens is 1. The lowest BCUT2D eigenvalue weighted by Gasteiger charge is -2.12. The molecule has 3 aromatic carbocycles. The van der Waals surface area contributed by atoms with Crippen molar-refractivity contribution < 1.29 is 28.9 Å². The molecule has 0 saturated heterocycles. The van der Waals surface area contributed by atoms with Crippen molar-refractivity contribution >= 4 is 35.1 Å². The average Bonchev–Trinajstić information content (AvgIpc) is 2.86. The van der Waals surface area contributed by atoms with Crippen LogP contribution in [0.1, 0.15) is 29.8 Å². The van der Waals surface area contributed by atoms with E-state index in [0.717, 1.165) is 18.2 Å². The third kappa shape index (κ3) is 6.92. The summed E-state index contributed by atoms with van der Waals surface area (Å²) in [6, 6.07) is 12.1. The van der Waals surface area contributed by atoms with Gasteiger partial charge in [-0.15, -0.1) is 0 Å². The van der Waals surface area contributed by atoms with Crippen molar-refractivity contribution in [1.29, 1.82) is 0 Å². The molecule has 0 unspecified atom stereocenters. The van der Waals surface area contributed by atoms with Gasteiger partial charge >= 0.3 is 5.69 Å². The summed E-state index contributed by atoms with van der Waals surface area (Å²) in [5.74, 6) is 0.269. The maximum absolute atomic E-state index is 12.6. The van der Waals surface area contributed by atoms with Gasteiger partial charge in [0.25, 0.3) is 11.6 Å². The molecule has 3 aromatic rings. The number of amides is 1. The first-order valence-corrected chi connectivity index (χ1v) is 11.2. The largest absolute Gasteiger partial charge is 0.490 e. The Balaban J connectivity index is 1.82. The number of hydrazone groups is 1. The Morgan fingerprint density at radius 1 is 0.919 bits per heavy atom. The van der Waals surface area contributed by atoms with Gasteiger partial charge in [0, 0.05) is 22.2 Å². The zero-order valence-electron chi connectivity index (χ0n) is 19.7. The lowest BCUT2D eigenvalue weighted by Crippen LogP contribution is -2.17. The molecule has 0 spiro atoms. The summed E-state index contributed by atoms with van der Waals surface area (Å²) < 4.78 is 16.7. The van der Waals surface area contributed by atoms with Crippen LogP contribution in [0.25, 0.3) is 0 Å². The van der Waals surface area contributed by atoms with Crippen molar-refractivity contribution in [2.24, 2.45) is 5.10 Å². The molecule has 3 rings (SSSR count). The Kier molecular flexibility index (Phi) is 8.95. The molecular formula is C24H21ClN4O8. The first-order valence-electron chi connectivity index (χ1n) is 10.9. The Labute approximate surface area is 215 Å². The van der Waals surface area contributed by atoms with Crippen LogP contribution in [0.3, 0.4) is 0 Å². The molecule has 0 radical (unpaired) electrons. The number of carbonyl (C=O) groups is 1. The van der Waals surface area contributed by atoms with Gasteiger partial charge in [-0.2, -0.15) is 5.10 Å². The molecule has 0 fully saturated rings. The van der Waals surface area contributed by atoms with Crippen molar-refractivity contribution in [3.05, 3.63) is 91.0 Å². The molecule has 12 nitrogen and oxygen atoms in total. The molecule has 0 aromatic heterocycles. The molecule has 0 aliphatic rings. The van der Waals surface area contributed by atoms with Crippen LogP contribution in [0, 0.1) is 20.2 Å². The van der Waals surface area contributed by atoms with E-state index in [1.54, 1.807) is 12.1 Å². The summed E-state index contributed by atoms with van der Waals surface area (Å²) >= 11 is 6.07. The second kappa shape index (κ2) is 12.3. The number of nitro groups is 2. The smallest absolute Gasteiger partial charge is 0.318 e. The number of hydrogen-bond acceptors (Lipinski definition) is 9. The van der Waals surface area contributed by atoms with Crippen LogP contribution in [0.15, 0.2) is 59.7 Å². The van der Waals surface area contributed by atoms with Crippen LogP contribution in [0.2, 0.25) is 5.02 Å². The van der Waals surface area contributed by atoms with Gasteiger partial charge in [-0.1, -0.05) is 11.6 Å². The summed E-state index contributed by atoms with van der Waals surface area (Å²) in [5.41, 5.74) is 1.88. The molecule has 1 N–H and O–H groups in total. The van der Waals surface area contributed by atoms with E-state index in [1.165, 1.54) is 30.5 Å².